The third kappa shape index (κ3) is 4.50. The molecule has 1 aliphatic rings. The topological polar surface area (TPSA) is 77.0 Å². The number of ether oxygens (including phenoxy) is 3. The Kier molecular flexibility index (Phi) is 7.14. The van der Waals surface area contributed by atoms with Gasteiger partial charge >= 0.3 is 0 Å². The number of carbonyl (C=O) groups is 1. The summed E-state index contributed by atoms with van der Waals surface area (Å²) in [4.78, 5) is 11.6. The van der Waals surface area contributed by atoms with Crippen LogP contribution in [0.15, 0.2) is 71.2 Å². The van der Waals surface area contributed by atoms with E-state index in [0.29, 0.717) is 35.6 Å². The first-order valence-electron chi connectivity index (χ1n) is 11.0. The fourth-order valence-electron chi connectivity index (χ4n) is 4.78. The van der Waals surface area contributed by atoms with E-state index >= 15 is 0 Å². The predicted octanol–water partition coefficient (Wildman–Crippen LogP) is 5.10. The fourth-order valence-corrected chi connectivity index (χ4v) is 5.04. The van der Waals surface area contributed by atoms with Crippen LogP contribution in [0.4, 0.5) is 0 Å². The number of nitrogens with one attached hydrogen (secondary N) is 1. The van der Waals surface area contributed by atoms with Crippen LogP contribution in [0.3, 0.4) is 0 Å². The van der Waals surface area contributed by atoms with Crippen LogP contribution in [0.1, 0.15) is 42.1 Å². The maximum Gasteiger partial charge on any atom is 0.207 e. The van der Waals surface area contributed by atoms with E-state index in [1.54, 1.807) is 19.2 Å². The van der Waals surface area contributed by atoms with Crippen molar-refractivity contribution in [2.75, 3.05) is 14.2 Å². The number of hydrogen-bond acceptors (Lipinski definition) is 5. The number of carbonyl (C=O) groups excluding carboxylic acids is 1. The number of rotatable bonds is 6. The summed E-state index contributed by atoms with van der Waals surface area (Å²) in [6.45, 7) is 2.04. The number of benzene rings is 3. The van der Waals surface area contributed by atoms with Crippen molar-refractivity contribution in [1.29, 1.82) is 0 Å². The second-order valence-corrected chi connectivity index (χ2v) is 9.41. The summed E-state index contributed by atoms with van der Waals surface area (Å²) in [5, 5.41) is 14.3. The maximum absolute atomic E-state index is 11.6. The molecule has 0 radical (unpaired) electrons. The van der Waals surface area contributed by atoms with E-state index in [0.717, 1.165) is 15.6 Å². The molecule has 1 aliphatic heterocycles. The molecular weight excluding hydrogens is 498 g/mol. The lowest BCUT2D eigenvalue weighted by Crippen LogP contribution is -2.45. The predicted molar refractivity (Wildman–Crippen MR) is 133 cm³/mol. The molecule has 0 saturated heterocycles. The van der Waals surface area contributed by atoms with Crippen molar-refractivity contribution in [1.82, 2.24) is 5.32 Å². The van der Waals surface area contributed by atoms with Crippen molar-refractivity contribution in [2.45, 2.75) is 37.0 Å². The summed E-state index contributed by atoms with van der Waals surface area (Å²) in [6, 6.07) is 20.9. The van der Waals surface area contributed by atoms with Crippen molar-refractivity contribution < 1.29 is 24.1 Å². The standard InChI is InChI=1S/C27H28BrNO5/c1-27(18-9-11-19(28)12-10-18)21(17-7-5-4-6-8-17)15-22(29-16-30)26(31)25-23(33-3)13-20(32-2)14-24(25)34-27/h4-14,16,21-22,26,31H,15H2,1-3H3,(H,29,30)/t21-,22+,26+,27-/m0/s1. The van der Waals surface area contributed by atoms with E-state index in [4.69, 9.17) is 14.2 Å². The third-order valence-electron chi connectivity index (χ3n) is 6.59. The van der Waals surface area contributed by atoms with Gasteiger partial charge in [0.25, 0.3) is 0 Å². The van der Waals surface area contributed by atoms with Crippen LogP contribution in [0, 0.1) is 0 Å². The lowest BCUT2D eigenvalue weighted by atomic mass is 9.73. The Morgan fingerprint density at radius 3 is 2.41 bits per heavy atom. The highest BCUT2D eigenvalue weighted by Crippen LogP contribution is 2.51. The van der Waals surface area contributed by atoms with Gasteiger partial charge in [-0.15, -0.1) is 0 Å². The van der Waals surface area contributed by atoms with Crippen molar-refractivity contribution in [2.24, 2.45) is 0 Å². The monoisotopic (exact) mass is 525 g/mol. The van der Waals surface area contributed by atoms with Crippen LogP contribution in [0.5, 0.6) is 17.2 Å². The summed E-state index contributed by atoms with van der Waals surface area (Å²) in [5.41, 5.74) is 1.61. The smallest absolute Gasteiger partial charge is 0.207 e. The molecule has 1 heterocycles. The Bertz CT molecular complexity index is 1140. The van der Waals surface area contributed by atoms with E-state index < -0.39 is 17.7 Å². The van der Waals surface area contributed by atoms with Gasteiger partial charge < -0.3 is 24.6 Å². The molecule has 0 aliphatic carbocycles. The fraction of sp³-hybridized carbons (Fsp3) is 0.296. The number of amides is 1. The molecule has 0 spiro atoms. The molecule has 6 nitrogen and oxygen atoms in total. The molecule has 0 unspecified atom stereocenters. The lowest BCUT2D eigenvalue weighted by Gasteiger charge is -2.44. The Labute approximate surface area is 208 Å². The first-order chi connectivity index (χ1) is 16.4. The van der Waals surface area contributed by atoms with E-state index in [1.165, 1.54) is 7.11 Å². The molecule has 0 bridgehead atoms. The number of aliphatic hydroxyl groups is 1. The molecule has 0 saturated carbocycles. The Morgan fingerprint density at radius 1 is 1.09 bits per heavy atom. The lowest BCUT2D eigenvalue weighted by molar-refractivity contribution is -0.111. The number of aliphatic hydroxyl groups excluding tert-OH is 1. The Morgan fingerprint density at radius 2 is 1.79 bits per heavy atom. The first-order valence-corrected chi connectivity index (χ1v) is 11.8. The molecule has 3 aromatic carbocycles. The average Bonchev–Trinajstić information content (AvgIpc) is 2.85. The van der Waals surface area contributed by atoms with E-state index in [9.17, 15) is 9.90 Å². The van der Waals surface area contributed by atoms with Gasteiger partial charge in [0, 0.05) is 22.5 Å². The van der Waals surface area contributed by atoms with Crippen LogP contribution < -0.4 is 19.5 Å². The molecule has 2 N–H and O–H groups in total. The van der Waals surface area contributed by atoms with E-state index in [1.807, 2.05) is 61.5 Å². The van der Waals surface area contributed by atoms with Crippen molar-refractivity contribution >= 4 is 22.3 Å². The molecule has 178 valence electrons. The molecule has 4 rings (SSSR count). The molecule has 7 heteroatoms. The SMILES string of the molecule is COc1cc(OC)c2c(c1)O[C@@](C)(c1ccc(Br)cc1)[C@H](c1ccccc1)C[C@@H](NC=O)[C@H]2O. The van der Waals surface area contributed by atoms with Crippen molar-refractivity contribution in [3.8, 4) is 17.2 Å². The van der Waals surface area contributed by atoms with Gasteiger partial charge in [-0.05, 0) is 36.6 Å². The molecule has 1 amide bonds. The van der Waals surface area contributed by atoms with Crippen LogP contribution in [-0.2, 0) is 10.4 Å². The van der Waals surface area contributed by atoms with E-state index in [2.05, 4.69) is 21.2 Å². The van der Waals surface area contributed by atoms with Gasteiger partial charge in [0.05, 0.1) is 25.8 Å². The van der Waals surface area contributed by atoms with Crippen LogP contribution in [0.25, 0.3) is 0 Å². The van der Waals surface area contributed by atoms with Gasteiger partial charge in [-0.2, -0.15) is 0 Å². The Hall–Kier alpha value is -3.03. The van der Waals surface area contributed by atoms with Crippen LogP contribution >= 0.6 is 15.9 Å². The highest BCUT2D eigenvalue weighted by atomic mass is 79.9. The molecule has 3 aromatic rings. The van der Waals surface area contributed by atoms with Gasteiger partial charge in [-0.3, -0.25) is 4.79 Å². The van der Waals surface area contributed by atoms with Gasteiger partial charge in [0.1, 0.15) is 29.0 Å². The first kappa shape index (κ1) is 24.1. The van der Waals surface area contributed by atoms with Crippen molar-refractivity contribution in [3.05, 3.63) is 87.9 Å². The second-order valence-electron chi connectivity index (χ2n) is 8.49. The highest BCUT2D eigenvalue weighted by molar-refractivity contribution is 9.10. The zero-order valence-corrected chi connectivity index (χ0v) is 20.9. The number of hydrogen-bond donors (Lipinski definition) is 2. The van der Waals surface area contributed by atoms with Gasteiger partial charge in [-0.25, -0.2) is 0 Å². The summed E-state index contributed by atoms with van der Waals surface area (Å²) in [7, 11) is 3.10. The van der Waals surface area contributed by atoms with Gasteiger partial charge in [0.15, 0.2) is 0 Å². The Balaban J connectivity index is 1.99. The summed E-state index contributed by atoms with van der Waals surface area (Å²) >= 11 is 3.52. The minimum absolute atomic E-state index is 0.202. The zero-order valence-electron chi connectivity index (χ0n) is 19.3. The molecule has 34 heavy (non-hydrogen) atoms. The molecule has 0 fully saturated rings. The zero-order chi connectivity index (χ0) is 24.3. The number of fused-ring (bicyclic) bond motifs is 1. The van der Waals surface area contributed by atoms with Crippen molar-refractivity contribution in [3.63, 3.8) is 0 Å². The second kappa shape index (κ2) is 10.1. The minimum Gasteiger partial charge on any atom is -0.496 e. The summed E-state index contributed by atoms with van der Waals surface area (Å²) in [5.74, 6) is 1.20. The van der Waals surface area contributed by atoms with Crippen LogP contribution in [-0.4, -0.2) is 31.8 Å². The number of halogens is 1. The average molecular weight is 526 g/mol. The summed E-state index contributed by atoms with van der Waals surface area (Å²) in [6.07, 6.45) is 0.0117. The normalized spacial score (nSPS) is 24.1. The molecular formula is C27H28BrNO5. The van der Waals surface area contributed by atoms with Gasteiger partial charge in [0.2, 0.25) is 6.41 Å². The molecule has 0 aromatic heterocycles. The highest BCUT2D eigenvalue weighted by Gasteiger charge is 2.45. The quantitative estimate of drug-likeness (QED) is 0.438. The van der Waals surface area contributed by atoms with Gasteiger partial charge in [-0.1, -0.05) is 58.4 Å². The van der Waals surface area contributed by atoms with E-state index in [-0.39, 0.29) is 5.92 Å². The third-order valence-corrected chi connectivity index (χ3v) is 7.12. The largest absolute Gasteiger partial charge is 0.496 e. The maximum atomic E-state index is 11.6. The minimum atomic E-state index is -1.05. The van der Waals surface area contributed by atoms with Crippen LogP contribution in [0.2, 0.25) is 0 Å². The summed E-state index contributed by atoms with van der Waals surface area (Å²) < 4.78 is 18.9. The molecule has 4 atom stereocenters. The number of methoxy groups -OCH3 is 2.